The fourth-order valence-electron chi connectivity index (χ4n) is 3.65. The molecule has 0 spiro atoms. The number of alkyl halides is 3. The van der Waals surface area contributed by atoms with Gasteiger partial charge in [0.15, 0.2) is 0 Å². The van der Waals surface area contributed by atoms with Crippen LogP contribution in [-0.2, 0) is 19.3 Å². The number of rotatable bonds is 4. The number of phenols is 1. The Labute approximate surface area is 190 Å². The summed E-state index contributed by atoms with van der Waals surface area (Å²) in [6.07, 6.45) is -3.08. The molecule has 0 saturated carbocycles. The van der Waals surface area contributed by atoms with Gasteiger partial charge in [0.2, 0.25) is 0 Å². The minimum atomic E-state index is -4.65. The smallest absolute Gasteiger partial charge is 0.417 e. The lowest BCUT2D eigenvalue weighted by Crippen LogP contribution is -2.22. The zero-order valence-electron chi connectivity index (χ0n) is 17.4. The number of nitrogens with one attached hydrogen (secondary N) is 1. The highest BCUT2D eigenvalue weighted by atomic mass is 19.4. The van der Waals surface area contributed by atoms with E-state index in [1.807, 2.05) is 0 Å². The number of phenolic OH excluding ortho intramolecular Hbond substituents is 1. The third kappa shape index (κ3) is 4.19. The number of halogens is 4. The lowest BCUT2D eigenvalue weighted by molar-refractivity contribution is -0.137. The van der Waals surface area contributed by atoms with E-state index in [-0.39, 0.29) is 23.6 Å². The van der Waals surface area contributed by atoms with Gasteiger partial charge in [-0.3, -0.25) is 5.01 Å². The largest absolute Gasteiger partial charge is 0.508 e. The van der Waals surface area contributed by atoms with Gasteiger partial charge in [-0.1, -0.05) is 12.1 Å². The third-order valence-electron chi connectivity index (χ3n) is 5.27. The van der Waals surface area contributed by atoms with Gasteiger partial charge in [-0.05, 0) is 42.5 Å². The Hall–Kier alpha value is -4.28. The molecule has 3 heterocycles. The molecule has 0 radical (unpaired) electrons. The predicted octanol–water partition coefficient (Wildman–Crippen LogP) is 4.75. The summed E-state index contributed by atoms with van der Waals surface area (Å²) in [6.45, 7) is 0.573. The minimum Gasteiger partial charge on any atom is -0.508 e. The molecule has 34 heavy (non-hydrogen) atoms. The van der Waals surface area contributed by atoms with Crippen LogP contribution in [0.25, 0.3) is 22.6 Å². The molecule has 0 unspecified atom stereocenters. The number of benzene rings is 2. The SMILES string of the molecule is Oc1ccc(-c2ccc(CN3Cc4nc(-c5ccccc5F)[nH]c4C=N3)nn2)c(C(F)(F)F)c1. The van der Waals surface area contributed by atoms with Crippen LogP contribution in [0.2, 0.25) is 0 Å². The summed E-state index contributed by atoms with van der Waals surface area (Å²) in [5.41, 5.74) is 1.04. The molecule has 1 aliphatic rings. The maximum absolute atomic E-state index is 14.1. The van der Waals surface area contributed by atoms with Crippen molar-refractivity contribution >= 4 is 6.21 Å². The first-order chi connectivity index (χ1) is 16.3. The molecular formula is C23H16F4N6O. The number of hydrogen-bond acceptors (Lipinski definition) is 6. The van der Waals surface area contributed by atoms with E-state index in [0.29, 0.717) is 41.1 Å². The van der Waals surface area contributed by atoms with Crippen LogP contribution in [0, 0.1) is 5.82 Å². The second-order valence-corrected chi connectivity index (χ2v) is 7.63. The Morgan fingerprint density at radius 3 is 2.56 bits per heavy atom. The first-order valence-electron chi connectivity index (χ1n) is 10.1. The Kier molecular flexibility index (Phi) is 5.23. The van der Waals surface area contributed by atoms with Crippen LogP contribution in [0.4, 0.5) is 17.6 Å². The molecule has 11 heteroatoms. The molecule has 2 N–H and O–H groups in total. The van der Waals surface area contributed by atoms with E-state index in [9.17, 15) is 22.7 Å². The van der Waals surface area contributed by atoms with Crippen molar-refractivity contribution in [1.82, 2.24) is 25.2 Å². The maximum Gasteiger partial charge on any atom is 0.417 e. The number of hydrogen-bond donors (Lipinski definition) is 2. The van der Waals surface area contributed by atoms with Crippen molar-refractivity contribution in [2.24, 2.45) is 5.10 Å². The van der Waals surface area contributed by atoms with Crippen molar-refractivity contribution < 1.29 is 22.7 Å². The van der Waals surface area contributed by atoms with Gasteiger partial charge in [-0.15, -0.1) is 0 Å². The zero-order valence-corrected chi connectivity index (χ0v) is 17.4. The van der Waals surface area contributed by atoms with Gasteiger partial charge in [0.1, 0.15) is 17.4 Å². The number of imidazole rings is 1. The average molecular weight is 468 g/mol. The van der Waals surface area contributed by atoms with Gasteiger partial charge in [0.25, 0.3) is 0 Å². The van der Waals surface area contributed by atoms with Crippen molar-refractivity contribution in [2.75, 3.05) is 0 Å². The van der Waals surface area contributed by atoms with Gasteiger partial charge >= 0.3 is 6.18 Å². The lowest BCUT2D eigenvalue weighted by atomic mass is 10.0. The summed E-state index contributed by atoms with van der Waals surface area (Å²) in [4.78, 5) is 7.53. The summed E-state index contributed by atoms with van der Waals surface area (Å²) in [5.74, 6) is -0.477. The van der Waals surface area contributed by atoms with Crippen LogP contribution < -0.4 is 0 Å². The molecular weight excluding hydrogens is 452 g/mol. The summed E-state index contributed by atoms with van der Waals surface area (Å²) in [7, 11) is 0. The standard InChI is InChI=1S/C23H16F4N6O/c24-18-4-2-1-3-16(18)22-29-20-10-28-33(12-21(20)30-22)11-13-5-8-19(32-31-13)15-7-6-14(34)9-17(15)23(25,26)27/h1-10,34H,11-12H2,(H,29,30). The van der Waals surface area contributed by atoms with E-state index in [4.69, 9.17) is 0 Å². The minimum absolute atomic E-state index is 0.0299. The monoisotopic (exact) mass is 468 g/mol. The van der Waals surface area contributed by atoms with Crippen LogP contribution in [0.1, 0.15) is 22.6 Å². The van der Waals surface area contributed by atoms with E-state index < -0.39 is 17.5 Å². The molecule has 2 aromatic heterocycles. The number of aromatic amines is 1. The van der Waals surface area contributed by atoms with Crippen molar-refractivity contribution in [3.05, 3.63) is 83.1 Å². The summed E-state index contributed by atoms with van der Waals surface area (Å²) in [5, 5.41) is 23.4. The quantitative estimate of drug-likeness (QED) is 0.422. The third-order valence-corrected chi connectivity index (χ3v) is 5.27. The molecule has 4 aromatic rings. The van der Waals surface area contributed by atoms with Gasteiger partial charge in [-0.25, -0.2) is 9.37 Å². The lowest BCUT2D eigenvalue weighted by Gasteiger charge is -2.20. The zero-order chi connectivity index (χ0) is 23.9. The second kappa shape index (κ2) is 8.25. The highest BCUT2D eigenvalue weighted by molar-refractivity contribution is 5.80. The second-order valence-electron chi connectivity index (χ2n) is 7.63. The topological polar surface area (TPSA) is 90.3 Å². The molecule has 1 aliphatic heterocycles. The molecule has 5 rings (SSSR count). The molecule has 0 saturated heterocycles. The van der Waals surface area contributed by atoms with Gasteiger partial charge in [0, 0.05) is 5.56 Å². The predicted molar refractivity (Wildman–Crippen MR) is 115 cm³/mol. The van der Waals surface area contributed by atoms with E-state index >= 15 is 0 Å². The summed E-state index contributed by atoms with van der Waals surface area (Å²) < 4.78 is 54.1. The van der Waals surface area contributed by atoms with Crippen LogP contribution in [-0.4, -0.2) is 36.5 Å². The van der Waals surface area contributed by atoms with E-state index in [2.05, 4.69) is 25.3 Å². The number of hydrazone groups is 1. The average Bonchev–Trinajstić information content (AvgIpc) is 3.22. The Morgan fingerprint density at radius 2 is 1.82 bits per heavy atom. The van der Waals surface area contributed by atoms with Crippen LogP contribution in [0.15, 0.2) is 59.7 Å². The van der Waals surface area contributed by atoms with Crippen molar-refractivity contribution in [1.29, 1.82) is 0 Å². The Balaban J connectivity index is 1.33. The maximum atomic E-state index is 14.1. The fourth-order valence-corrected chi connectivity index (χ4v) is 3.65. The molecule has 2 aromatic carbocycles. The summed E-state index contributed by atoms with van der Waals surface area (Å²) >= 11 is 0. The van der Waals surface area contributed by atoms with E-state index in [0.717, 1.165) is 6.07 Å². The number of aromatic hydroxyl groups is 1. The van der Waals surface area contributed by atoms with Crippen molar-refractivity contribution in [3.63, 3.8) is 0 Å². The van der Waals surface area contributed by atoms with Crippen LogP contribution >= 0.6 is 0 Å². The fraction of sp³-hybridized carbons (Fsp3) is 0.130. The molecule has 0 aliphatic carbocycles. The number of nitrogens with zero attached hydrogens (tertiary/aromatic N) is 5. The Morgan fingerprint density at radius 1 is 1.00 bits per heavy atom. The van der Waals surface area contributed by atoms with Crippen LogP contribution in [0.3, 0.4) is 0 Å². The van der Waals surface area contributed by atoms with Crippen molar-refractivity contribution in [3.8, 4) is 28.4 Å². The number of H-pyrrole nitrogens is 1. The van der Waals surface area contributed by atoms with Gasteiger partial charge in [0.05, 0.1) is 53.2 Å². The number of aromatic nitrogens is 4. The highest BCUT2D eigenvalue weighted by Gasteiger charge is 2.34. The molecule has 172 valence electrons. The van der Waals surface area contributed by atoms with E-state index in [1.165, 1.54) is 18.2 Å². The highest BCUT2D eigenvalue weighted by Crippen LogP contribution is 2.38. The van der Waals surface area contributed by atoms with E-state index in [1.54, 1.807) is 35.5 Å². The van der Waals surface area contributed by atoms with Crippen LogP contribution in [0.5, 0.6) is 5.75 Å². The first-order valence-corrected chi connectivity index (χ1v) is 10.1. The Bertz CT molecular complexity index is 1380. The summed E-state index contributed by atoms with van der Waals surface area (Å²) in [6, 6.07) is 12.3. The molecule has 0 atom stereocenters. The van der Waals surface area contributed by atoms with Crippen molar-refractivity contribution in [2.45, 2.75) is 19.3 Å². The molecule has 0 fully saturated rings. The molecule has 7 nitrogen and oxygen atoms in total. The number of fused-ring (bicyclic) bond motifs is 1. The van der Waals surface area contributed by atoms with Gasteiger partial charge < -0.3 is 10.1 Å². The van der Waals surface area contributed by atoms with Gasteiger partial charge in [-0.2, -0.15) is 28.5 Å². The molecule has 0 bridgehead atoms. The first kappa shape index (κ1) is 21.6. The normalized spacial score (nSPS) is 13.2. The molecule has 0 amide bonds.